The van der Waals surface area contributed by atoms with Crippen molar-refractivity contribution in [1.82, 2.24) is 19.6 Å². The van der Waals surface area contributed by atoms with Crippen molar-refractivity contribution in [3.8, 4) is 0 Å². The first-order chi connectivity index (χ1) is 3.97. The quantitative estimate of drug-likeness (QED) is 0.518. The van der Waals surface area contributed by atoms with E-state index in [-0.39, 0.29) is 0 Å². The van der Waals surface area contributed by atoms with Gasteiger partial charge >= 0.3 is 0 Å². The first-order valence-corrected chi connectivity index (χ1v) is 2.28. The molecule has 40 valence electrons. The molecular weight excluding hydrogens is 104 g/mol. The van der Waals surface area contributed by atoms with Crippen molar-refractivity contribution in [1.29, 1.82) is 0 Å². The topological polar surface area (TPSA) is 46.0 Å². The van der Waals surface area contributed by atoms with E-state index in [4.69, 9.17) is 0 Å². The fourth-order valence-electron chi connectivity index (χ4n) is 0.640. The molecule has 0 atom stereocenters. The summed E-state index contributed by atoms with van der Waals surface area (Å²) in [6, 6.07) is 0. The number of fused-ring (bicyclic) bond motifs is 1. The molecule has 0 aromatic carbocycles. The summed E-state index contributed by atoms with van der Waals surface area (Å²) in [6.07, 6.45) is 5.08. The second-order valence-electron chi connectivity index (χ2n) is 1.54. The van der Waals surface area contributed by atoms with Crippen molar-refractivity contribution in [3.63, 3.8) is 0 Å². The van der Waals surface area contributed by atoms with Crippen molar-refractivity contribution >= 4 is 5.65 Å². The van der Waals surface area contributed by atoms with E-state index in [0.717, 1.165) is 5.65 Å². The van der Waals surface area contributed by atoms with Crippen molar-refractivity contribution < 1.29 is 0 Å². The van der Waals surface area contributed by atoms with Gasteiger partial charge in [-0.2, -0.15) is 5.10 Å². The predicted octanol–water partition coefficient (Wildman–Crippen LogP) is 0.0574. The molecule has 2 rings (SSSR count). The Morgan fingerprint density at radius 2 is 2.50 bits per heavy atom. The van der Waals surface area contributed by atoms with Gasteiger partial charge in [0.1, 0.15) is 12.7 Å². The van der Waals surface area contributed by atoms with Crippen LogP contribution < -0.4 is 0 Å². The van der Waals surface area contributed by atoms with Gasteiger partial charge < -0.3 is 0 Å². The monoisotopic (exact) mass is 108 g/mol. The molecule has 1 N–H and O–H groups in total. The van der Waals surface area contributed by atoms with Crippen LogP contribution in [0.3, 0.4) is 0 Å². The van der Waals surface area contributed by atoms with E-state index in [9.17, 15) is 0 Å². The Hall–Kier alpha value is -1.32. The van der Waals surface area contributed by atoms with Crippen LogP contribution in [0.5, 0.6) is 0 Å². The highest BCUT2D eigenvalue weighted by Gasteiger charge is 1.88. The fourth-order valence-corrected chi connectivity index (χ4v) is 0.640. The minimum atomic E-state index is 0.921. The molecule has 0 unspecified atom stereocenters. The number of aromatic nitrogens is 4. The summed E-state index contributed by atoms with van der Waals surface area (Å²) in [5.41, 5.74) is 0.921. The second-order valence-corrected chi connectivity index (χ2v) is 1.54. The zero-order valence-corrected chi connectivity index (χ0v) is 4.07. The van der Waals surface area contributed by atoms with Gasteiger partial charge in [-0.25, -0.2) is 4.98 Å². The van der Waals surface area contributed by atoms with Crippen molar-refractivity contribution in [2.75, 3.05) is 0 Å². The van der Waals surface area contributed by atoms with E-state index in [0.29, 0.717) is 0 Å². The smallest absolute Gasteiger partial charge is 0.151 e. The van der Waals surface area contributed by atoms with E-state index in [1.54, 1.807) is 23.3 Å². The van der Waals surface area contributed by atoms with Crippen LogP contribution in [-0.2, 0) is 0 Å². The minimum Gasteiger partial charge on any atom is -0.273 e. The number of hydrogen-bond donors (Lipinski definition) is 1. The van der Waals surface area contributed by atoms with Gasteiger partial charge in [0.15, 0.2) is 5.65 Å². The third-order valence-corrected chi connectivity index (χ3v) is 1.03. The van der Waals surface area contributed by atoms with E-state index in [2.05, 4.69) is 15.2 Å². The average Bonchev–Trinajstić information content (AvgIpc) is 2.15. The Bertz CT molecular complexity index is 229. The highest BCUT2D eigenvalue weighted by molar-refractivity contribution is 5.31. The molecule has 0 fully saturated rings. The molecule has 0 radical (unpaired) electrons. The first kappa shape index (κ1) is 3.65. The minimum absolute atomic E-state index is 0.921. The summed E-state index contributed by atoms with van der Waals surface area (Å²) >= 11 is 0. The van der Waals surface area contributed by atoms with Gasteiger partial charge in [0.05, 0.1) is 6.20 Å². The number of hydrogen-bond acceptors (Lipinski definition) is 2. The zero-order valence-electron chi connectivity index (χ0n) is 4.07. The lowest BCUT2D eigenvalue weighted by Gasteiger charge is -1.69. The molecular formula is C4H4N4. The van der Waals surface area contributed by atoms with Gasteiger partial charge in [-0.05, 0) is 0 Å². The maximum atomic E-state index is 3.85. The van der Waals surface area contributed by atoms with Crippen molar-refractivity contribution in [2.24, 2.45) is 0 Å². The molecule has 4 heteroatoms. The molecule has 8 heavy (non-hydrogen) atoms. The van der Waals surface area contributed by atoms with E-state index < -0.39 is 0 Å². The summed E-state index contributed by atoms with van der Waals surface area (Å²) in [7, 11) is 0. The van der Waals surface area contributed by atoms with E-state index in [1.165, 1.54) is 0 Å². The molecule has 0 amide bonds. The number of H-pyrrole nitrogens is 1. The number of rotatable bonds is 0. The summed E-state index contributed by atoms with van der Waals surface area (Å²) < 4.78 is 1.81. The van der Waals surface area contributed by atoms with Gasteiger partial charge in [-0.15, -0.1) is 0 Å². The number of nitrogens with zero attached hydrogens (tertiary/aromatic N) is 3. The normalized spacial score (nSPS) is 10.5. The van der Waals surface area contributed by atoms with Crippen LogP contribution in [0, 0.1) is 0 Å². The number of imidazole rings is 1. The Kier molecular flexibility index (Phi) is 0.498. The lowest BCUT2D eigenvalue weighted by Crippen LogP contribution is -1.67. The van der Waals surface area contributed by atoms with Gasteiger partial charge in [0, 0.05) is 0 Å². The second kappa shape index (κ2) is 1.09. The maximum absolute atomic E-state index is 3.85. The predicted molar refractivity (Wildman–Crippen MR) is 27.3 cm³/mol. The molecule has 0 aliphatic carbocycles. The molecule has 0 saturated carbocycles. The highest BCUT2D eigenvalue weighted by atomic mass is 15.2. The van der Waals surface area contributed by atoms with E-state index >= 15 is 0 Å². The van der Waals surface area contributed by atoms with Gasteiger partial charge in [-0.1, -0.05) is 0 Å². The number of nitrogens with one attached hydrogen (secondary N) is 1. The van der Waals surface area contributed by atoms with Crippen LogP contribution in [0.4, 0.5) is 0 Å². The lowest BCUT2D eigenvalue weighted by molar-refractivity contribution is 1.08. The Morgan fingerprint density at radius 1 is 1.50 bits per heavy atom. The standard InChI is InChI=1S/C4H4N4/c1-4-7-6-3-8(4)2-5-1/h1-3,7H. The van der Waals surface area contributed by atoms with Crippen LogP contribution in [0.2, 0.25) is 0 Å². The Morgan fingerprint density at radius 3 is 3.38 bits per heavy atom. The van der Waals surface area contributed by atoms with Gasteiger partial charge in [-0.3, -0.25) is 9.50 Å². The summed E-state index contributed by atoms with van der Waals surface area (Å²) in [6.45, 7) is 0. The SMILES string of the molecule is c1ncn2cn[nH]c12. The van der Waals surface area contributed by atoms with Crippen molar-refractivity contribution in [2.45, 2.75) is 0 Å². The first-order valence-electron chi connectivity index (χ1n) is 2.28. The summed E-state index contributed by atoms with van der Waals surface area (Å²) in [4.78, 5) is 3.85. The Labute approximate surface area is 45.2 Å². The molecule has 0 bridgehead atoms. The molecule has 0 aliphatic heterocycles. The van der Waals surface area contributed by atoms with Crippen LogP contribution in [0.1, 0.15) is 0 Å². The van der Waals surface area contributed by atoms with Crippen LogP contribution >= 0.6 is 0 Å². The molecule has 2 aromatic rings. The van der Waals surface area contributed by atoms with Crippen LogP contribution in [-0.4, -0.2) is 19.6 Å². The molecule has 4 nitrogen and oxygen atoms in total. The largest absolute Gasteiger partial charge is 0.273 e. The summed E-state index contributed by atoms with van der Waals surface area (Å²) in [5, 5.41) is 6.51. The van der Waals surface area contributed by atoms with Crippen molar-refractivity contribution in [3.05, 3.63) is 18.9 Å². The van der Waals surface area contributed by atoms with Gasteiger partial charge in [0.2, 0.25) is 0 Å². The van der Waals surface area contributed by atoms with Crippen LogP contribution in [0.25, 0.3) is 5.65 Å². The average molecular weight is 108 g/mol. The third kappa shape index (κ3) is 0.294. The highest BCUT2D eigenvalue weighted by Crippen LogP contribution is 1.91. The Balaban J connectivity index is 3.06. The van der Waals surface area contributed by atoms with Gasteiger partial charge in [0.25, 0.3) is 0 Å². The number of aromatic amines is 1. The van der Waals surface area contributed by atoms with Crippen LogP contribution in [0.15, 0.2) is 18.9 Å². The molecule has 2 heterocycles. The fraction of sp³-hybridized carbons (Fsp3) is 0. The molecule has 0 spiro atoms. The molecule has 0 saturated heterocycles. The lowest BCUT2D eigenvalue weighted by atomic mass is 10.8. The molecule has 0 aliphatic rings. The molecule has 2 aromatic heterocycles. The maximum Gasteiger partial charge on any atom is 0.151 e. The zero-order chi connectivity index (χ0) is 5.40. The third-order valence-electron chi connectivity index (χ3n) is 1.03. The summed E-state index contributed by atoms with van der Waals surface area (Å²) in [5.74, 6) is 0. The van der Waals surface area contributed by atoms with E-state index in [1.807, 2.05) is 0 Å².